The fraction of sp³-hybridized carbons (Fsp3) is 0.267. The van der Waals surface area contributed by atoms with Gasteiger partial charge in [0.1, 0.15) is 5.60 Å². The summed E-state index contributed by atoms with van der Waals surface area (Å²) in [6.07, 6.45) is 1.19. The molecule has 0 unspecified atom stereocenters. The first-order valence-corrected chi connectivity index (χ1v) is 7.78. The van der Waals surface area contributed by atoms with Crippen LogP contribution in [0, 0.1) is 0 Å². The molecule has 0 saturated carbocycles. The van der Waals surface area contributed by atoms with Crippen molar-refractivity contribution in [1.29, 1.82) is 0 Å². The third-order valence-corrected chi connectivity index (χ3v) is 3.41. The van der Waals surface area contributed by atoms with Gasteiger partial charge < -0.3 is 4.74 Å². The van der Waals surface area contributed by atoms with Gasteiger partial charge in [-0.05, 0) is 61.0 Å². The van der Waals surface area contributed by atoms with Gasteiger partial charge in [-0.15, -0.1) is 0 Å². The number of aromatic nitrogens is 1. The van der Waals surface area contributed by atoms with Gasteiger partial charge in [0.05, 0.1) is 5.69 Å². The lowest BCUT2D eigenvalue weighted by Gasteiger charge is -2.20. The van der Waals surface area contributed by atoms with Crippen molar-refractivity contribution in [3.05, 3.63) is 45.0 Å². The highest BCUT2D eigenvalue weighted by molar-refractivity contribution is 9.10. The Morgan fingerprint density at radius 3 is 2.24 bits per heavy atom. The highest BCUT2D eigenvalue weighted by Crippen LogP contribution is 2.30. The molecule has 0 aliphatic carbocycles. The highest BCUT2D eigenvalue weighted by atomic mass is 79.9. The molecule has 112 valence electrons. The van der Waals surface area contributed by atoms with Crippen molar-refractivity contribution < 1.29 is 9.53 Å². The summed E-state index contributed by atoms with van der Waals surface area (Å²) in [7, 11) is 0. The van der Waals surface area contributed by atoms with Gasteiger partial charge in [0.25, 0.3) is 0 Å². The maximum Gasteiger partial charge on any atom is 0.419 e. The van der Waals surface area contributed by atoms with E-state index in [0.29, 0.717) is 15.7 Å². The van der Waals surface area contributed by atoms with E-state index in [0.717, 1.165) is 10.0 Å². The molecule has 0 aliphatic heterocycles. The van der Waals surface area contributed by atoms with Crippen molar-refractivity contribution in [2.75, 3.05) is 0 Å². The standard InChI is InChI=1S/C15H14BrCl2NO2/c1-15(2,3)21-14(20)19-8-10(16)6-13(19)9-4-11(17)7-12(18)5-9/h4-8H,1-3H3. The second-order valence-corrected chi connectivity index (χ2v) is 7.34. The van der Waals surface area contributed by atoms with Gasteiger partial charge in [0, 0.05) is 26.3 Å². The molecule has 1 heterocycles. The maximum absolute atomic E-state index is 12.3. The van der Waals surface area contributed by atoms with E-state index in [1.54, 1.807) is 24.4 Å². The molecule has 0 atom stereocenters. The van der Waals surface area contributed by atoms with Crippen LogP contribution in [0.3, 0.4) is 0 Å². The maximum atomic E-state index is 12.3. The van der Waals surface area contributed by atoms with E-state index in [1.807, 2.05) is 26.8 Å². The van der Waals surface area contributed by atoms with Gasteiger partial charge >= 0.3 is 6.09 Å². The van der Waals surface area contributed by atoms with Crippen LogP contribution in [0.4, 0.5) is 4.79 Å². The zero-order valence-electron chi connectivity index (χ0n) is 11.8. The van der Waals surface area contributed by atoms with Crippen molar-refractivity contribution in [2.45, 2.75) is 26.4 Å². The lowest BCUT2D eigenvalue weighted by Crippen LogP contribution is -2.27. The molecular formula is C15H14BrCl2NO2. The summed E-state index contributed by atoms with van der Waals surface area (Å²) >= 11 is 15.4. The number of ether oxygens (including phenoxy) is 1. The molecule has 6 heteroatoms. The lowest BCUT2D eigenvalue weighted by atomic mass is 10.1. The summed E-state index contributed by atoms with van der Waals surface area (Å²) in [5.74, 6) is 0. The van der Waals surface area contributed by atoms with E-state index in [9.17, 15) is 4.79 Å². The topological polar surface area (TPSA) is 31.2 Å². The van der Waals surface area contributed by atoms with Gasteiger partial charge in [-0.2, -0.15) is 0 Å². The third-order valence-electron chi connectivity index (χ3n) is 2.54. The number of carbonyl (C=O) groups excluding carboxylic acids is 1. The minimum atomic E-state index is -0.572. The zero-order chi connectivity index (χ0) is 15.8. The number of halogens is 3. The molecule has 0 aliphatic rings. The van der Waals surface area contributed by atoms with Gasteiger partial charge in [-0.3, -0.25) is 4.57 Å². The molecular weight excluding hydrogens is 377 g/mol. The Morgan fingerprint density at radius 2 is 1.71 bits per heavy atom. The van der Waals surface area contributed by atoms with Gasteiger partial charge in [0.2, 0.25) is 0 Å². The number of rotatable bonds is 1. The summed E-state index contributed by atoms with van der Waals surface area (Å²) in [5.41, 5.74) is 0.821. The largest absolute Gasteiger partial charge is 0.443 e. The van der Waals surface area contributed by atoms with Crippen LogP contribution in [-0.2, 0) is 4.74 Å². The van der Waals surface area contributed by atoms with Gasteiger partial charge in [-0.25, -0.2) is 4.79 Å². The highest BCUT2D eigenvalue weighted by Gasteiger charge is 2.21. The Balaban J connectivity index is 2.48. The molecule has 0 saturated heterocycles. The van der Waals surface area contributed by atoms with Crippen LogP contribution < -0.4 is 0 Å². The average molecular weight is 391 g/mol. The Morgan fingerprint density at radius 1 is 1.14 bits per heavy atom. The predicted octanol–water partition coefficient (Wildman–Crippen LogP) is 6.01. The van der Waals surface area contributed by atoms with Crippen molar-refractivity contribution in [3.63, 3.8) is 0 Å². The smallest absolute Gasteiger partial charge is 0.419 e. The molecule has 0 fully saturated rings. The van der Waals surface area contributed by atoms with E-state index >= 15 is 0 Å². The average Bonchev–Trinajstić information content (AvgIpc) is 2.68. The Bertz CT molecular complexity index is 669. The van der Waals surface area contributed by atoms with Crippen molar-refractivity contribution in [1.82, 2.24) is 4.57 Å². The van der Waals surface area contributed by atoms with Gasteiger partial charge in [-0.1, -0.05) is 23.2 Å². The SMILES string of the molecule is CC(C)(C)OC(=O)n1cc(Br)cc1-c1cc(Cl)cc(Cl)c1. The normalized spacial score (nSPS) is 11.5. The summed E-state index contributed by atoms with van der Waals surface area (Å²) in [6, 6.07) is 6.94. The Kier molecular flexibility index (Phi) is 4.71. The van der Waals surface area contributed by atoms with Crippen LogP contribution in [0.25, 0.3) is 11.3 Å². The molecule has 0 spiro atoms. The molecule has 21 heavy (non-hydrogen) atoms. The third kappa shape index (κ3) is 4.25. The van der Waals surface area contributed by atoms with Crippen LogP contribution in [0.5, 0.6) is 0 Å². The first kappa shape index (κ1) is 16.4. The number of nitrogens with zero attached hydrogens (tertiary/aromatic N) is 1. The van der Waals surface area contributed by atoms with Crippen LogP contribution in [0.15, 0.2) is 34.9 Å². The molecule has 0 radical (unpaired) electrons. The fourth-order valence-corrected chi connectivity index (χ4v) is 2.76. The molecule has 1 aromatic heterocycles. The summed E-state index contributed by atoms with van der Waals surface area (Å²) in [6.45, 7) is 5.46. The quantitative estimate of drug-likeness (QED) is 0.597. The predicted molar refractivity (Wildman–Crippen MR) is 89.2 cm³/mol. The van der Waals surface area contributed by atoms with Crippen molar-refractivity contribution >= 4 is 45.2 Å². The second kappa shape index (κ2) is 6.03. The van der Waals surface area contributed by atoms with E-state index in [-0.39, 0.29) is 0 Å². The zero-order valence-corrected chi connectivity index (χ0v) is 14.9. The van der Waals surface area contributed by atoms with Crippen molar-refractivity contribution in [2.24, 2.45) is 0 Å². The van der Waals surface area contributed by atoms with Crippen molar-refractivity contribution in [3.8, 4) is 11.3 Å². The minimum Gasteiger partial charge on any atom is -0.443 e. The molecule has 2 rings (SSSR count). The second-order valence-electron chi connectivity index (χ2n) is 5.55. The number of hydrogen-bond acceptors (Lipinski definition) is 2. The van der Waals surface area contributed by atoms with Crippen LogP contribution in [0.2, 0.25) is 10.0 Å². The molecule has 0 bridgehead atoms. The Hall–Kier alpha value is -0.970. The monoisotopic (exact) mass is 389 g/mol. The lowest BCUT2D eigenvalue weighted by molar-refractivity contribution is 0.0540. The molecule has 0 amide bonds. The summed E-state index contributed by atoms with van der Waals surface area (Å²) < 4.78 is 7.59. The minimum absolute atomic E-state index is 0.459. The van der Waals surface area contributed by atoms with E-state index < -0.39 is 11.7 Å². The molecule has 1 aromatic carbocycles. The van der Waals surface area contributed by atoms with E-state index in [2.05, 4.69) is 15.9 Å². The van der Waals surface area contributed by atoms with E-state index in [4.69, 9.17) is 27.9 Å². The van der Waals surface area contributed by atoms with Crippen LogP contribution in [-0.4, -0.2) is 16.3 Å². The van der Waals surface area contributed by atoms with Crippen LogP contribution in [0.1, 0.15) is 20.8 Å². The summed E-state index contributed by atoms with van der Waals surface area (Å²) in [4.78, 5) is 12.3. The number of benzene rings is 1. The molecule has 0 N–H and O–H groups in total. The number of carbonyl (C=O) groups is 1. The first-order chi connectivity index (χ1) is 9.65. The van der Waals surface area contributed by atoms with Gasteiger partial charge in [0.15, 0.2) is 0 Å². The Labute approximate surface area is 141 Å². The molecule has 3 nitrogen and oxygen atoms in total. The van der Waals surface area contributed by atoms with E-state index in [1.165, 1.54) is 4.57 Å². The summed E-state index contributed by atoms with van der Waals surface area (Å²) in [5, 5.41) is 1.01. The molecule has 2 aromatic rings. The fourth-order valence-electron chi connectivity index (χ4n) is 1.82. The first-order valence-electron chi connectivity index (χ1n) is 6.23. The van der Waals surface area contributed by atoms with Crippen LogP contribution >= 0.6 is 39.1 Å². The number of hydrogen-bond donors (Lipinski definition) is 0.